The molecule has 0 aliphatic carbocycles. The van der Waals surface area contributed by atoms with Crippen molar-refractivity contribution >= 4 is 32.2 Å². The molecule has 0 fully saturated rings. The van der Waals surface area contributed by atoms with Crippen LogP contribution in [0.4, 0.5) is 15.1 Å². The number of nitrogens with one attached hydrogen (secondary N) is 1. The smallest absolute Gasteiger partial charge is 0.336 e. The Morgan fingerprint density at radius 3 is 2.49 bits per heavy atom. The molecule has 10 heteroatoms. The minimum Gasteiger partial charge on any atom is -0.494 e. The van der Waals surface area contributed by atoms with Crippen LogP contribution in [0, 0.1) is 19.7 Å². The number of nitrogens with zero attached hydrogens (tertiary/aromatic N) is 4. The van der Waals surface area contributed by atoms with Gasteiger partial charge in [-0.15, -0.1) is 0 Å². The standard InChI is InChI=1S/C25H22FN5O3S/c1-14-12-30(13-27-14)19-10-7-17(11-20(19)34-4)28-22-15(2)21-23(32)31(18-8-5-16(26)6-9-18)25(33)29(3)24(21)35-22/h5-13,28H,1-4H3. The Labute approximate surface area is 203 Å². The van der Waals surface area contributed by atoms with Gasteiger partial charge >= 0.3 is 5.69 Å². The number of benzene rings is 2. The first-order valence-electron chi connectivity index (χ1n) is 10.8. The molecule has 0 spiro atoms. The second kappa shape index (κ2) is 8.55. The van der Waals surface area contributed by atoms with E-state index in [1.807, 2.05) is 42.8 Å². The van der Waals surface area contributed by atoms with Crippen LogP contribution < -0.4 is 21.3 Å². The third kappa shape index (κ3) is 3.81. The summed E-state index contributed by atoms with van der Waals surface area (Å²) in [5, 5.41) is 4.53. The number of halogens is 1. The van der Waals surface area contributed by atoms with Crippen molar-refractivity contribution in [2.45, 2.75) is 13.8 Å². The summed E-state index contributed by atoms with van der Waals surface area (Å²) in [5.41, 5.74) is 2.59. The average molecular weight is 492 g/mol. The van der Waals surface area contributed by atoms with Crippen molar-refractivity contribution in [3.63, 3.8) is 0 Å². The average Bonchev–Trinajstić information content (AvgIpc) is 3.42. The van der Waals surface area contributed by atoms with Crippen molar-refractivity contribution in [1.82, 2.24) is 18.7 Å². The van der Waals surface area contributed by atoms with Crippen molar-refractivity contribution in [2.24, 2.45) is 7.05 Å². The lowest BCUT2D eigenvalue weighted by Crippen LogP contribution is -2.37. The summed E-state index contributed by atoms with van der Waals surface area (Å²) in [5.74, 6) is 0.208. The number of thiophene rings is 1. The molecule has 8 nitrogen and oxygen atoms in total. The molecule has 3 heterocycles. The number of aryl methyl sites for hydroxylation is 3. The van der Waals surface area contributed by atoms with Crippen LogP contribution in [0.5, 0.6) is 5.75 Å². The van der Waals surface area contributed by atoms with Gasteiger partial charge in [0.1, 0.15) is 16.4 Å². The Morgan fingerprint density at radius 1 is 1.09 bits per heavy atom. The normalized spacial score (nSPS) is 11.2. The van der Waals surface area contributed by atoms with Crippen LogP contribution in [0.3, 0.4) is 0 Å². The molecule has 5 aromatic rings. The van der Waals surface area contributed by atoms with Crippen LogP contribution in [-0.2, 0) is 7.05 Å². The maximum absolute atomic E-state index is 13.4. The molecule has 178 valence electrons. The number of hydrogen-bond acceptors (Lipinski definition) is 6. The fourth-order valence-corrected chi connectivity index (χ4v) is 5.19. The number of methoxy groups -OCH3 is 1. The first-order chi connectivity index (χ1) is 16.8. The number of rotatable bonds is 5. The molecule has 0 radical (unpaired) electrons. The Bertz CT molecular complexity index is 1700. The highest BCUT2D eigenvalue weighted by molar-refractivity contribution is 7.22. The lowest BCUT2D eigenvalue weighted by molar-refractivity contribution is 0.413. The fourth-order valence-electron chi connectivity index (χ4n) is 4.01. The van der Waals surface area contributed by atoms with Gasteiger partial charge in [0, 0.05) is 25.0 Å². The van der Waals surface area contributed by atoms with Gasteiger partial charge in [-0.3, -0.25) is 9.36 Å². The van der Waals surface area contributed by atoms with Gasteiger partial charge in [0.15, 0.2) is 0 Å². The number of hydrogen-bond donors (Lipinski definition) is 1. The zero-order valence-corrected chi connectivity index (χ0v) is 20.3. The number of ether oxygens (including phenoxy) is 1. The predicted octanol–water partition coefficient (Wildman–Crippen LogP) is 4.44. The number of imidazole rings is 1. The van der Waals surface area contributed by atoms with Crippen molar-refractivity contribution in [1.29, 1.82) is 0 Å². The summed E-state index contributed by atoms with van der Waals surface area (Å²) >= 11 is 1.32. The van der Waals surface area contributed by atoms with E-state index in [0.717, 1.165) is 32.2 Å². The highest BCUT2D eigenvalue weighted by Gasteiger charge is 2.20. The molecule has 0 aliphatic heterocycles. The molecular formula is C25H22FN5O3S. The lowest BCUT2D eigenvalue weighted by Gasteiger charge is -2.12. The lowest BCUT2D eigenvalue weighted by atomic mass is 10.2. The van der Waals surface area contributed by atoms with E-state index in [1.165, 1.54) is 40.2 Å². The number of anilines is 2. The van der Waals surface area contributed by atoms with E-state index in [9.17, 15) is 14.0 Å². The molecule has 0 bridgehead atoms. The maximum atomic E-state index is 13.4. The third-order valence-corrected chi connectivity index (χ3v) is 7.12. The van der Waals surface area contributed by atoms with Crippen molar-refractivity contribution in [2.75, 3.05) is 12.4 Å². The molecule has 1 N–H and O–H groups in total. The van der Waals surface area contributed by atoms with E-state index in [-0.39, 0.29) is 0 Å². The zero-order valence-electron chi connectivity index (χ0n) is 19.5. The zero-order chi connectivity index (χ0) is 24.9. The van der Waals surface area contributed by atoms with Gasteiger partial charge in [-0.05, 0) is 55.8 Å². The van der Waals surface area contributed by atoms with E-state index in [4.69, 9.17) is 4.74 Å². The number of aromatic nitrogens is 4. The van der Waals surface area contributed by atoms with Gasteiger partial charge in [-0.1, -0.05) is 11.3 Å². The van der Waals surface area contributed by atoms with Crippen LogP contribution in [0.25, 0.3) is 21.6 Å². The molecule has 0 atom stereocenters. The van der Waals surface area contributed by atoms with Crippen molar-refractivity contribution in [3.05, 3.63) is 92.9 Å². The predicted molar refractivity (Wildman–Crippen MR) is 135 cm³/mol. The molecular weight excluding hydrogens is 469 g/mol. The first-order valence-corrected chi connectivity index (χ1v) is 11.6. The van der Waals surface area contributed by atoms with E-state index in [2.05, 4.69) is 10.3 Å². The summed E-state index contributed by atoms with van der Waals surface area (Å²) in [6.45, 7) is 3.75. The van der Waals surface area contributed by atoms with Crippen molar-refractivity contribution in [3.8, 4) is 17.1 Å². The molecule has 5 rings (SSSR count). The van der Waals surface area contributed by atoms with E-state index < -0.39 is 17.1 Å². The van der Waals surface area contributed by atoms with Gasteiger partial charge in [0.05, 0.1) is 40.9 Å². The van der Waals surface area contributed by atoms with Crippen LogP contribution in [0.15, 0.2) is 64.6 Å². The Morgan fingerprint density at radius 2 is 1.83 bits per heavy atom. The largest absolute Gasteiger partial charge is 0.494 e. The topological polar surface area (TPSA) is 83.1 Å². The minimum absolute atomic E-state index is 0.314. The molecule has 0 amide bonds. The molecule has 0 aliphatic rings. The van der Waals surface area contributed by atoms with Crippen LogP contribution in [-0.4, -0.2) is 25.8 Å². The molecule has 2 aromatic carbocycles. The Balaban J connectivity index is 1.60. The van der Waals surface area contributed by atoms with Crippen LogP contribution >= 0.6 is 11.3 Å². The maximum Gasteiger partial charge on any atom is 0.336 e. The van der Waals surface area contributed by atoms with E-state index >= 15 is 0 Å². The third-order valence-electron chi connectivity index (χ3n) is 5.84. The monoisotopic (exact) mass is 491 g/mol. The number of fused-ring (bicyclic) bond motifs is 1. The van der Waals surface area contributed by atoms with Gasteiger partial charge in [0.2, 0.25) is 0 Å². The van der Waals surface area contributed by atoms with Gasteiger partial charge < -0.3 is 14.6 Å². The summed E-state index contributed by atoms with van der Waals surface area (Å²) in [6, 6.07) is 11.0. The molecule has 35 heavy (non-hydrogen) atoms. The Kier molecular flexibility index (Phi) is 5.52. The summed E-state index contributed by atoms with van der Waals surface area (Å²) in [7, 11) is 3.22. The SMILES string of the molecule is COc1cc(Nc2sc3c(c2C)c(=O)n(-c2ccc(F)cc2)c(=O)n3C)ccc1-n1cnc(C)c1. The first kappa shape index (κ1) is 22.6. The summed E-state index contributed by atoms with van der Waals surface area (Å²) < 4.78 is 23.4. The molecule has 0 unspecified atom stereocenters. The molecule has 3 aromatic heterocycles. The quantitative estimate of drug-likeness (QED) is 0.393. The summed E-state index contributed by atoms with van der Waals surface area (Å²) in [6.07, 6.45) is 3.64. The van der Waals surface area contributed by atoms with Gasteiger partial charge in [0.25, 0.3) is 5.56 Å². The highest BCUT2D eigenvalue weighted by atomic mass is 32.1. The van der Waals surface area contributed by atoms with E-state index in [0.29, 0.717) is 21.7 Å². The van der Waals surface area contributed by atoms with Crippen molar-refractivity contribution < 1.29 is 9.13 Å². The molecule has 0 saturated carbocycles. The second-order valence-electron chi connectivity index (χ2n) is 8.13. The molecule has 0 saturated heterocycles. The van der Waals surface area contributed by atoms with Crippen LogP contribution in [0.1, 0.15) is 11.3 Å². The van der Waals surface area contributed by atoms with Gasteiger partial charge in [-0.2, -0.15) is 0 Å². The highest BCUT2D eigenvalue weighted by Crippen LogP contribution is 2.36. The summed E-state index contributed by atoms with van der Waals surface area (Å²) in [4.78, 5) is 31.2. The fraction of sp³-hybridized carbons (Fsp3) is 0.160. The van der Waals surface area contributed by atoms with E-state index in [1.54, 1.807) is 20.5 Å². The second-order valence-corrected chi connectivity index (χ2v) is 9.13. The van der Waals surface area contributed by atoms with Gasteiger partial charge in [-0.25, -0.2) is 18.7 Å². The Hall–Kier alpha value is -4.18. The van der Waals surface area contributed by atoms with Crippen LogP contribution in [0.2, 0.25) is 0 Å². The minimum atomic E-state index is -0.497.